The highest BCUT2D eigenvalue weighted by atomic mass is 19.4. The zero-order chi connectivity index (χ0) is 26.2. The van der Waals surface area contributed by atoms with Crippen LogP contribution in [0.4, 0.5) is 13.2 Å². The molecule has 37 heavy (non-hydrogen) atoms. The summed E-state index contributed by atoms with van der Waals surface area (Å²) in [6.45, 7) is 0. The molecule has 0 amide bonds. The van der Waals surface area contributed by atoms with Gasteiger partial charge in [0.25, 0.3) is 0 Å². The molecule has 0 aliphatic rings. The fraction of sp³-hybridized carbons (Fsp3) is 0.103. The molecular formula is C29H20F3N3O2. The van der Waals surface area contributed by atoms with Gasteiger partial charge in [0, 0.05) is 11.6 Å². The second-order valence-corrected chi connectivity index (χ2v) is 8.25. The fourth-order valence-corrected chi connectivity index (χ4v) is 4.34. The molecule has 3 aromatic carbocycles. The minimum absolute atomic E-state index is 0.00290. The number of nitriles is 1. The van der Waals surface area contributed by atoms with E-state index in [1.807, 2.05) is 40.8 Å². The second-order valence-electron chi connectivity index (χ2n) is 8.25. The number of hydrogen-bond donors (Lipinski definition) is 0. The Balaban J connectivity index is 1.81. The summed E-state index contributed by atoms with van der Waals surface area (Å²) in [4.78, 5) is 4.69. The standard InChI is InChI=1S/C29H20F3N3O2/c1-36-21-13-20(14-22(16-21)37-2)27-15-19(12-11-18-7-3-4-8-24(18)29(30,31)32)23(17-33)28-34-25-9-5-6-10-26(25)35(27)28/h3-16H,1-2H3. The number of para-hydroxylation sites is 2. The van der Waals surface area contributed by atoms with Gasteiger partial charge in [-0.05, 0) is 47.5 Å². The molecule has 0 fully saturated rings. The highest BCUT2D eigenvalue weighted by molar-refractivity contribution is 5.89. The van der Waals surface area contributed by atoms with Crippen LogP contribution in [0.3, 0.4) is 0 Å². The van der Waals surface area contributed by atoms with Crippen molar-refractivity contribution in [3.05, 3.63) is 95.1 Å². The summed E-state index contributed by atoms with van der Waals surface area (Å²) in [6, 6.07) is 22.1. The number of alkyl halides is 3. The van der Waals surface area contributed by atoms with Gasteiger partial charge in [-0.2, -0.15) is 18.4 Å². The van der Waals surface area contributed by atoms with Crippen LogP contribution in [-0.4, -0.2) is 23.6 Å². The Morgan fingerprint density at radius 1 is 0.865 bits per heavy atom. The molecule has 5 aromatic rings. The van der Waals surface area contributed by atoms with Crippen LogP contribution in [0.2, 0.25) is 0 Å². The van der Waals surface area contributed by atoms with Crippen molar-refractivity contribution in [2.45, 2.75) is 6.18 Å². The van der Waals surface area contributed by atoms with Gasteiger partial charge in [0.1, 0.15) is 23.1 Å². The monoisotopic (exact) mass is 499 g/mol. The maximum Gasteiger partial charge on any atom is 0.416 e. The average Bonchev–Trinajstić information content (AvgIpc) is 3.30. The first-order valence-corrected chi connectivity index (χ1v) is 11.3. The molecule has 0 saturated carbocycles. The van der Waals surface area contributed by atoms with Crippen LogP contribution in [0.1, 0.15) is 22.3 Å². The Labute approximate surface area is 210 Å². The van der Waals surface area contributed by atoms with E-state index in [9.17, 15) is 18.4 Å². The summed E-state index contributed by atoms with van der Waals surface area (Å²) < 4.78 is 53.4. The summed E-state index contributed by atoms with van der Waals surface area (Å²) in [5.41, 5.74) is 3.17. The number of halogens is 3. The van der Waals surface area contributed by atoms with E-state index in [4.69, 9.17) is 14.5 Å². The van der Waals surface area contributed by atoms with Crippen LogP contribution in [0, 0.1) is 11.3 Å². The van der Waals surface area contributed by atoms with Crippen molar-refractivity contribution in [1.82, 2.24) is 9.38 Å². The van der Waals surface area contributed by atoms with Crippen molar-refractivity contribution >= 4 is 28.8 Å². The van der Waals surface area contributed by atoms with Gasteiger partial charge in [-0.25, -0.2) is 4.98 Å². The van der Waals surface area contributed by atoms with Crippen LogP contribution < -0.4 is 9.47 Å². The molecule has 5 nitrogen and oxygen atoms in total. The third-order valence-electron chi connectivity index (χ3n) is 6.07. The summed E-state index contributed by atoms with van der Waals surface area (Å²) in [6.07, 6.45) is -1.62. The molecule has 0 saturated heterocycles. The molecule has 0 aliphatic heterocycles. The first kappa shape index (κ1) is 23.9. The van der Waals surface area contributed by atoms with E-state index >= 15 is 0 Å². The summed E-state index contributed by atoms with van der Waals surface area (Å²) in [7, 11) is 3.09. The van der Waals surface area contributed by atoms with Crippen molar-refractivity contribution in [3.8, 4) is 28.8 Å². The molecule has 0 N–H and O–H groups in total. The zero-order valence-corrected chi connectivity index (χ0v) is 19.9. The minimum Gasteiger partial charge on any atom is -0.497 e. The fourth-order valence-electron chi connectivity index (χ4n) is 4.34. The third-order valence-corrected chi connectivity index (χ3v) is 6.07. The summed E-state index contributed by atoms with van der Waals surface area (Å²) in [5, 5.41) is 10.1. The molecule has 0 atom stereocenters. The predicted molar refractivity (Wildman–Crippen MR) is 136 cm³/mol. The van der Waals surface area contributed by atoms with Gasteiger partial charge in [-0.15, -0.1) is 0 Å². The Hall–Kier alpha value is -4.77. The van der Waals surface area contributed by atoms with Crippen LogP contribution in [0.5, 0.6) is 11.5 Å². The molecule has 2 aromatic heterocycles. The first-order chi connectivity index (χ1) is 17.8. The lowest BCUT2D eigenvalue weighted by atomic mass is 10.0. The van der Waals surface area contributed by atoms with Crippen molar-refractivity contribution < 1.29 is 22.6 Å². The Bertz CT molecular complexity index is 1690. The highest BCUT2D eigenvalue weighted by Gasteiger charge is 2.32. The third kappa shape index (κ3) is 4.36. The largest absolute Gasteiger partial charge is 0.497 e. The van der Waals surface area contributed by atoms with Crippen LogP contribution in [0.15, 0.2) is 72.8 Å². The molecule has 0 bridgehead atoms. The van der Waals surface area contributed by atoms with Gasteiger partial charge >= 0.3 is 6.18 Å². The lowest BCUT2D eigenvalue weighted by Gasteiger charge is -2.14. The van der Waals surface area contributed by atoms with Crippen molar-refractivity contribution in [3.63, 3.8) is 0 Å². The van der Waals surface area contributed by atoms with E-state index < -0.39 is 11.7 Å². The summed E-state index contributed by atoms with van der Waals surface area (Å²) >= 11 is 0. The van der Waals surface area contributed by atoms with E-state index in [2.05, 4.69) is 6.07 Å². The number of hydrogen-bond acceptors (Lipinski definition) is 4. The number of imidazole rings is 1. The quantitative estimate of drug-likeness (QED) is 0.256. The predicted octanol–water partition coefficient (Wildman–Crippen LogP) is 7.23. The van der Waals surface area contributed by atoms with Crippen molar-refractivity contribution in [1.29, 1.82) is 5.26 Å². The molecule has 0 radical (unpaired) electrons. The number of aromatic nitrogens is 2. The lowest BCUT2D eigenvalue weighted by molar-refractivity contribution is -0.137. The first-order valence-electron chi connectivity index (χ1n) is 11.3. The Morgan fingerprint density at radius 3 is 2.19 bits per heavy atom. The van der Waals surface area contributed by atoms with Crippen molar-refractivity contribution in [2.75, 3.05) is 14.2 Å². The number of pyridine rings is 1. The van der Waals surface area contributed by atoms with E-state index in [1.54, 1.807) is 32.4 Å². The van der Waals surface area contributed by atoms with Gasteiger partial charge in [-0.1, -0.05) is 42.5 Å². The SMILES string of the molecule is COc1cc(OC)cc(-c2cc(C=Cc3ccccc3C(F)(F)F)c(C#N)c3nc4ccccc4n23)c1. The highest BCUT2D eigenvalue weighted by Crippen LogP contribution is 2.36. The molecule has 0 aliphatic carbocycles. The maximum atomic E-state index is 13.6. The molecule has 2 heterocycles. The minimum atomic E-state index is -4.51. The van der Waals surface area contributed by atoms with Gasteiger partial charge in [0.15, 0.2) is 5.65 Å². The number of rotatable bonds is 5. The number of fused-ring (bicyclic) bond motifs is 3. The van der Waals surface area contributed by atoms with E-state index in [-0.39, 0.29) is 11.1 Å². The van der Waals surface area contributed by atoms with E-state index in [0.29, 0.717) is 33.9 Å². The summed E-state index contributed by atoms with van der Waals surface area (Å²) in [5.74, 6) is 1.12. The Kier molecular flexibility index (Phi) is 6.06. The zero-order valence-electron chi connectivity index (χ0n) is 19.9. The number of nitrogens with zero attached hydrogens (tertiary/aromatic N) is 3. The van der Waals surface area contributed by atoms with E-state index in [1.165, 1.54) is 24.3 Å². The molecule has 184 valence electrons. The van der Waals surface area contributed by atoms with Gasteiger partial charge in [-0.3, -0.25) is 4.40 Å². The molecule has 0 spiro atoms. The second kappa shape index (κ2) is 9.36. The molecule has 5 rings (SSSR count). The average molecular weight is 499 g/mol. The Morgan fingerprint density at radius 2 is 1.51 bits per heavy atom. The van der Waals surface area contributed by atoms with Crippen molar-refractivity contribution in [2.24, 2.45) is 0 Å². The smallest absolute Gasteiger partial charge is 0.416 e. The normalized spacial score (nSPS) is 11.8. The molecule has 0 unspecified atom stereocenters. The van der Waals surface area contributed by atoms with Crippen LogP contribution in [0.25, 0.3) is 40.1 Å². The maximum absolute atomic E-state index is 13.6. The van der Waals surface area contributed by atoms with Gasteiger partial charge in [0.2, 0.25) is 0 Å². The van der Waals surface area contributed by atoms with Crippen LogP contribution >= 0.6 is 0 Å². The molecular weight excluding hydrogens is 479 g/mol. The van der Waals surface area contributed by atoms with Crippen LogP contribution in [-0.2, 0) is 6.18 Å². The number of methoxy groups -OCH3 is 2. The van der Waals surface area contributed by atoms with E-state index in [0.717, 1.165) is 17.1 Å². The lowest BCUT2D eigenvalue weighted by Crippen LogP contribution is -2.06. The van der Waals surface area contributed by atoms with Gasteiger partial charge < -0.3 is 9.47 Å². The molecule has 8 heteroatoms. The number of ether oxygens (including phenoxy) is 2. The topological polar surface area (TPSA) is 59.5 Å². The van der Waals surface area contributed by atoms with Gasteiger partial charge in [0.05, 0.1) is 36.5 Å². The number of benzene rings is 3.